The third-order valence-corrected chi connectivity index (χ3v) is 3.44. The predicted molar refractivity (Wildman–Crippen MR) is 63.7 cm³/mol. The number of likely N-dealkylation sites (tertiary alicyclic amines) is 1. The lowest BCUT2D eigenvalue weighted by Gasteiger charge is -2.51. The molecule has 1 amide bonds. The van der Waals surface area contributed by atoms with Crippen LogP contribution in [-0.2, 0) is 9.53 Å². The fourth-order valence-electron chi connectivity index (χ4n) is 2.74. The van der Waals surface area contributed by atoms with Gasteiger partial charge < -0.3 is 9.64 Å². The Kier molecular flexibility index (Phi) is 2.92. The lowest BCUT2D eigenvalue weighted by atomic mass is 9.68. The van der Waals surface area contributed by atoms with E-state index in [2.05, 4.69) is 0 Å². The van der Waals surface area contributed by atoms with Crippen molar-refractivity contribution in [3.8, 4) is 0 Å². The molecule has 4 heteroatoms. The van der Waals surface area contributed by atoms with Gasteiger partial charge in [-0.05, 0) is 33.6 Å². The highest BCUT2D eigenvalue weighted by molar-refractivity contribution is 5.80. The summed E-state index contributed by atoms with van der Waals surface area (Å²) in [6.45, 7) is 6.97. The molecule has 17 heavy (non-hydrogen) atoms. The molecule has 1 saturated carbocycles. The van der Waals surface area contributed by atoms with E-state index >= 15 is 0 Å². The van der Waals surface area contributed by atoms with Crippen LogP contribution in [0.15, 0.2) is 0 Å². The van der Waals surface area contributed by atoms with E-state index in [0.29, 0.717) is 31.7 Å². The Morgan fingerprint density at radius 3 is 2.53 bits per heavy atom. The van der Waals surface area contributed by atoms with Crippen molar-refractivity contribution >= 4 is 11.9 Å². The number of nitrogens with zero attached hydrogens (tertiary/aromatic N) is 1. The van der Waals surface area contributed by atoms with Gasteiger partial charge in [0, 0.05) is 31.3 Å². The second-order valence-electron chi connectivity index (χ2n) is 6.41. The second kappa shape index (κ2) is 4.00. The van der Waals surface area contributed by atoms with Crippen LogP contribution in [0, 0.1) is 5.41 Å². The summed E-state index contributed by atoms with van der Waals surface area (Å²) < 4.78 is 5.30. The van der Waals surface area contributed by atoms with Gasteiger partial charge in [0.15, 0.2) is 0 Å². The van der Waals surface area contributed by atoms with E-state index in [9.17, 15) is 9.59 Å². The Hall–Kier alpha value is -1.06. The van der Waals surface area contributed by atoms with Crippen molar-refractivity contribution in [3.05, 3.63) is 0 Å². The molecule has 0 aromatic heterocycles. The van der Waals surface area contributed by atoms with Crippen LogP contribution in [-0.4, -0.2) is 35.5 Å². The molecule has 4 nitrogen and oxygen atoms in total. The van der Waals surface area contributed by atoms with Crippen LogP contribution >= 0.6 is 0 Å². The van der Waals surface area contributed by atoms with Crippen molar-refractivity contribution in [3.63, 3.8) is 0 Å². The number of carbonyl (C=O) groups excluding carboxylic acids is 2. The number of rotatable bonds is 0. The molecule has 2 aliphatic rings. The van der Waals surface area contributed by atoms with Gasteiger partial charge >= 0.3 is 6.09 Å². The fraction of sp³-hybridized carbons (Fsp3) is 0.846. The molecule has 1 saturated heterocycles. The summed E-state index contributed by atoms with van der Waals surface area (Å²) in [5.74, 6) is 0.347. The van der Waals surface area contributed by atoms with Crippen LogP contribution in [0.2, 0.25) is 0 Å². The Labute approximate surface area is 102 Å². The van der Waals surface area contributed by atoms with Gasteiger partial charge in [0.05, 0.1) is 0 Å². The first-order chi connectivity index (χ1) is 7.80. The standard InChI is InChI=1S/C13H21NO3/c1-12(2,3)17-11(16)14-8-13(9-14)6-4-5-10(15)7-13/h4-9H2,1-3H3. The van der Waals surface area contributed by atoms with E-state index in [1.54, 1.807) is 4.90 Å². The summed E-state index contributed by atoms with van der Waals surface area (Å²) in [5, 5.41) is 0. The molecule has 0 atom stereocenters. The maximum absolute atomic E-state index is 11.8. The van der Waals surface area contributed by atoms with Crippen molar-refractivity contribution < 1.29 is 14.3 Å². The molecule has 0 aromatic rings. The third-order valence-electron chi connectivity index (χ3n) is 3.44. The molecule has 1 aliphatic carbocycles. The summed E-state index contributed by atoms with van der Waals surface area (Å²) in [7, 11) is 0. The molecular formula is C13H21NO3. The van der Waals surface area contributed by atoms with Crippen LogP contribution < -0.4 is 0 Å². The van der Waals surface area contributed by atoms with E-state index in [1.165, 1.54) is 0 Å². The first-order valence-electron chi connectivity index (χ1n) is 6.29. The number of amides is 1. The van der Waals surface area contributed by atoms with Gasteiger partial charge in [0.25, 0.3) is 0 Å². The van der Waals surface area contributed by atoms with Crippen LogP contribution in [0.5, 0.6) is 0 Å². The van der Waals surface area contributed by atoms with Crippen molar-refractivity contribution in [2.45, 2.75) is 52.1 Å². The molecule has 1 aliphatic heterocycles. The Balaban J connectivity index is 1.85. The maximum atomic E-state index is 11.8. The molecule has 0 radical (unpaired) electrons. The molecule has 0 aromatic carbocycles. The zero-order valence-electron chi connectivity index (χ0n) is 10.9. The highest BCUT2D eigenvalue weighted by Gasteiger charge is 2.48. The average Bonchev–Trinajstić information content (AvgIpc) is 2.10. The van der Waals surface area contributed by atoms with Crippen LogP contribution in [0.3, 0.4) is 0 Å². The molecule has 0 unspecified atom stereocenters. The van der Waals surface area contributed by atoms with Gasteiger partial charge in [-0.15, -0.1) is 0 Å². The summed E-state index contributed by atoms with van der Waals surface area (Å²) in [6, 6.07) is 0. The highest BCUT2D eigenvalue weighted by Crippen LogP contribution is 2.42. The second-order valence-corrected chi connectivity index (χ2v) is 6.41. The van der Waals surface area contributed by atoms with Gasteiger partial charge in [-0.3, -0.25) is 4.79 Å². The van der Waals surface area contributed by atoms with E-state index in [1.807, 2.05) is 20.8 Å². The van der Waals surface area contributed by atoms with Crippen LogP contribution in [0.25, 0.3) is 0 Å². The molecule has 2 fully saturated rings. The monoisotopic (exact) mass is 239 g/mol. The van der Waals surface area contributed by atoms with E-state index in [-0.39, 0.29) is 11.5 Å². The van der Waals surface area contributed by atoms with Crippen molar-refractivity contribution in [1.29, 1.82) is 0 Å². The summed E-state index contributed by atoms with van der Waals surface area (Å²) in [6.07, 6.45) is 3.15. The SMILES string of the molecule is CC(C)(C)OC(=O)N1CC2(CCCC(=O)C2)C1. The minimum Gasteiger partial charge on any atom is -0.444 e. The molecular weight excluding hydrogens is 218 g/mol. The molecule has 2 rings (SSSR count). The fourth-order valence-corrected chi connectivity index (χ4v) is 2.74. The zero-order valence-corrected chi connectivity index (χ0v) is 10.9. The normalized spacial score (nSPS) is 23.5. The third kappa shape index (κ3) is 2.79. The van der Waals surface area contributed by atoms with Gasteiger partial charge in [0.1, 0.15) is 11.4 Å². The van der Waals surface area contributed by atoms with Crippen LogP contribution in [0.1, 0.15) is 46.5 Å². The lowest BCUT2D eigenvalue weighted by molar-refractivity contribution is -0.129. The quantitative estimate of drug-likeness (QED) is 0.652. The number of hydrogen-bond acceptors (Lipinski definition) is 3. The molecule has 0 N–H and O–H groups in total. The largest absolute Gasteiger partial charge is 0.444 e. The van der Waals surface area contributed by atoms with E-state index in [4.69, 9.17) is 4.74 Å². The molecule has 96 valence electrons. The topological polar surface area (TPSA) is 46.6 Å². The number of Topliss-reactive ketones (excluding diaryl/α,β-unsaturated/α-hetero) is 1. The molecule has 1 heterocycles. The zero-order chi connectivity index (χ0) is 12.7. The first kappa shape index (κ1) is 12.4. The van der Waals surface area contributed by atoms with Gasteiger partial charge in [0.2, 0.25) is 0 Å². The summed E-state index contributed by atoms with van der Waals surface area (Å²) in [5.41, 5.74) is -0.367. The number of hydrogen-bond donors (Lipinski definition) is 0. The number of ketones is 1. The van der Waals surface area contributed by atoms with Gasteiger partial charge in [-0.2, -0.15) is 0 Å². The number of carbonyl (C=O) groups is 2. The number of ether oxygens (including phenoxy) is 1. The van der Waals surface area contributed by atoms with Crippen molar-refractivity contribution in [2.75, 3.05) is 13.1 Å². The first-order valence-corrected chi connectivity index (χ1v) is 6.29. The Morgan fingerprint density at radius 1 is 1.35 bits per heavy atom. The maximum Gasteiger partial charge on any atom is 0.410 e. The Morgan fingerprint density at radius 2 is 2.00 bits per heavy atom. The predicted octanol–water partition coefficient (Wildman–Crippen LogP) is 2.37. The molecule has 0 bridgehead atoms. The highest BCUT2D eigenvalue weighted by atomic mass is 16.6. The van der Waals surface area contributed by atoms with Gasteiger partial charge in [-0.25, -0.2) is 4.79 Å². The lowest BCUT2D eigenvalue weighted by Crippen LogP contribution is -2.60. The Bertz CT molecular complexity index is 337. The van der Waals surface area contributed by atoms with Crippen LogP contribution in [0.4, 0.5) is 4.79 Å². The molecule has 1 spiro atoms. The minimum atomic E-state index is -0.442. The van der Waals surface area contributed by atoms with Gasteiger partial charge in [-0.1, -0.05) is 0 Å². The summed E-state index contributed by atoms with van der Waals surface area (Å²) >= 11 is 0. The van der Waals surface area contributed by atoms with Crippen molar-refractivity contribution in [2.24, 2.45) is 5.41 Å². The average molecular weight is 239 g/mol. The minimum absolute atomic E-state index is 0.0756. The van der Waals surface area contributed by atoms with Crippen molar-refractivity contribution in [1.82, 2.24) is 4.90 Å². The summed E-state index contributed by atoms with van der Waals surface area (Å²) in [4.78, 5) is 24.9. The van der Waals surface area contributed by atoms with E-state index < -0.39 is 5.60 Å². The smallest absolute Gasteiger partial charge is 0.410 e. The van der Waals surface area contributed by atoms with E-state index in [0.717, 1.165) is 12.8 Å².